The molecule has 9 atom stereocenters. The number of allylic oxidation sites excluding steroid dienone is 3. The van der Waals surface area contributed by atoms with Crippen LogP contribution in [0, 0.1) is 22.7 Å². The number of hydrogen-bond donors (Lipinski definition) is 2. The SMILES string of the molecule is CN(C)[C@H]1C[C@@]23CC[C@@]4(O2)C(=CC[C@]2(C)C(c5ccc6ncoc6c5)=CCC24)C2CC23[C@@H](O)[C@@H]1O. The van der Waals surface area contributed by atoms with E-state index in [1.807, 2.05) is 14.1 Å². The van der Waals surface area contributed by atoms with Crippen LogP contribution in [0.25, 0.3) is 16.7 Å². The monoisotopic (exact) mass is 474 g/mol. The molecule has 8 rings (SSSR count). The second-order valence-electron chi connectivity index (χ2n) is 12.7. The average Bonchev–Trinajstić information content (AvgIpc) is 3.11. The van der Waals surface area contributed by atoms with Crippen LogP contribution >= 0.6 is 0 Å². The van der Waals surface area contributed by atoms with Crippen LogP contribution in [0.15, 0.2) is 46.7 Å². The molecular formula is C29H34N2O4. The van der Waals surface area contributed by atoms with Crippen LogP contribution in [0.3, 0.4) is 0 Å². The molecule has 3 unspecified atom stereocenters. The molecule has 1 aromatic heterocycles. The van der Waals surface area contributed by atoms with Gasteiger partial charge in [-0.2, -0.15) is 0 Å². The summed E-state index contributed by atoms with van der Waals surface area (Å²) in [5, 5.41) is 22.6. The predicted molar refractivity (Wildman–Crippen MR) is 131 cm³/mol. The molecule has 3 heterocycles. The van der Waals surface area contributed by atoms with Crippen molar-refractivity contribution >= 4 is 16.7 Å². The van der Waals surface area contributed by atoms with Gasteiger partial charge >= 0.3 is 0 Å². The quantitative estimate of drug-likeness (QED) is 0.642. The van der Waals surface area contributed by atoms with Crippen LogP contribution in [0.2, 0.25) is 0 Å². The molecule has 2 aliphatic heterocycles. The van der Waals surface area contributed by atoms with Gasteiger partial charge in [0.2, 0.25) is 0 Å². The summed E-state index contributed by atoms with van der Waals surface area (Å²) >= 11 is 0. The zero-order valence-electron chi connectivity index (χ0n) is 20.7. The van der Waals surface area contributed by atoms with Crippen molar-refractivity contribution in [2.24, 2.45) is 22.7 Å². The average molecular weight is 475 g/mol. The first-order valence-corrected chi connectivity index (χ1v) is 13.2. The van der Waals surface area contributed by atoms with E-state index in [2.05, 4.69) is 47.2 Å². The normalized spacial score (nSPS) is 49.3. The number of likely N-dealkylation sites (N-methyl/N-ethyl adjacent to an activating group) is 1. The number of ether oxygens (including phenoxy) is 1. The molecule has 6 heteroatoms. The first-order valence-electron chi connectivity index (χ1n) is 13.2. The molecule has 0 amide bonds. The fraction of sp³-hybridized carbons (Fsp3) is 0.621. The van der Waals surface area contributed by atoms with E-state index < -0.39 is 12.2 Å². The Balaban J connectivity index is 1.22. The second-order valence-corrected chi connectivity index (χ2v) is 12.7. The van der Waals surface area contributed by atoms with Crippen molar-refractivity contribution in [3.8, 4) is 0 Å². The van der Waals surface area contributed by atoms with Gasteiger partial charge < -0.3 is 24.3 Å². The van der Waals surface area contributed by atoms with Gasteiger partial charge in [0.05, 0.1) is 23.4 Å². The van der Waals surface area contributed by atoms with Crippen LogP contribution in [0.1, 0.15) is 51.0 Å². The zero-order chi connectivity index (χ0) is 24.0. The summed E-state index contributed by atoms with van der Waals surface area (Å²) in [7, 11) is 4.02. The van der Waals surface area contributed by atoms with E-state index in [9.17, 15) is 10.2 Å². The Morgan fingerprint density at radius 2 is 1.97 bits per heavy atom. The smallest absolute Gasteiger partial charge is 0.181 e. The Morgan fingerprint density at radius 3 is 2.80 bits per heavy atom. The van der Waals surface area contributed by atoms with Crippen molar-refractivity contribution < 1.29 is 19.4 Å². The second kappa shape index (κ2) is 6.28. The van der Waals surface area contributed by atoms with E-state index in [4.69, 9.17) is 9.15 Å². The highest BCUT2D eigenvalue weighted by atomic mass is 16.5. The van der Waals surface area contributed by atoms with Gasteiger partial charge in [0.25, 0.3) is 0 Å². The van der Waals surface area contributed by atoms with Gasteiger partial charge in [0.15, 0.2) is 12.0 Å². The molecule has 184 valence electrons. The molecule has 2 saturated carbocycles. The highest BCUT2D eigenvalue weighted by Gasteiger charge is 2.84. The fourth-order valence-electron chi connectivity index (χ4n) is 9.65. The summed E-state index contributed by atoms with van der Waals surface area (Å²) in [5.41, 5.74) is 4.85. The number of aliphatic hydroxyl groups is 2. The van der Waals surface area contributed by atoms with Crippen molar-refractivity contribution in [3.05, 3.63) is 47.9 Å². The van der Waals surface area contributed by atoms with Gasteiger partial charge in [-0.05, 0) is 87.4 Å². The Labute approximate surface area is 205 Å². The first kappa shape index (κ1) is 21.1. The van der Waals surface area contributed by atoms with E-state index >= 15 is 0 Å². The molecule has 2 aromatic rings. The van der Waals surface area contributed by atoms with Gasteiger partial charge in [-0.1, -0.05) is 25.1 Å². The van der Waals surface area contributed by atoms with Crippen LogP contribution in [-0.2, 0) is 4.74 Å². The van der Waals surface area contributed by atoms with Gasteiger partial charge in [0, 0.05) is 22.8 Å². The van der Waals surface area contributed by atoms with Crippen LogP contribution in [-0.4, -0.2) is 63.6 Å². The minimum Gasteiger partial charge on any atom is -0.443 e. The zero-order valence-corrected chi connectivity index (χ0v) is 20.7. The minimum absolute atomic E-state index is 0.00857. The van der Waals surface area contributed by atoms with Crippen molar-refractivity contribution in [3.63, 3.8) is 0 Å². The summed E-state index contributed by atoms with van der Waals surface area (Å²) in [5.74, 6) is 0.723. The highest BCUT2D eigenvalue weighted by Crippen LogP contribution is 2.81. The lowest BCUT2D eigenvalue weighted by Gasteiger charge is -2.59. The Morgan fingerprint density at radius 1 is 1.11 bits per heavy atom. The van der Waals surface area contributed by atoms with Crippen LogP contribution in [0.5, 0.6) is 0 Å². The number of oxazole rings is 1. The maximum atomic E-state index is 11.5. The van der Waals surface area contributed by atoms with E-state index in [0.29, 0.717) is 11.8 Å². The summed E-state index contributed by atoms with van der Waals surface area (Å²) in [4.78, 5) is 6.37. The molecule has 2 saturated heterocycles. The number of aromatic nitrogens is 1. The molecule has 0 radical (unpaired) electrons. The summed E-state index contributed by atoms with van der Waals surface area (Å²) in [6.07, 6.45) is 10.7. The van der Waals surface area contributed by atoms with E-state index in [1.54, 1.807) is 0 Å². The summed E-state index contributed by atoms with van der Waals surface area (Å²) in [6.45, 7) is 2.42. The number of rotatable bonds is 2. The van der Waals surface area contributed by atoms with Crippen molar-refractivity contribution in [1.82, 2.24) is 9.88 Å². The van der Waals surface area contributed by atoms with Gasteiger partial charge in [-0.25, -0.2) is 4.98 Å². The molecule has 6 nitrogen and oxygen atoms in total. The minimum atomic E-state index is -0.732. The number of fused-ring (bicyclic) bond motifs is 3. The number of nitrogens with zero attached hydrogens (tertiary/aromatic N) is 2. The predicted octanol–water partition coefficient (Wildman–Crippen LogP) is 3.93. The molecule has 4 fully saturated rings. The highest BCUT2D eigenvalue weighted by molar-refractivity contribution is 5.82. The maximum absolute atomic E-state index is 11.5. The lowest BCUT2D eigenvalue weighted by molar-refractivity contribution is -0.248. The molecular weight excluding hydrogens is 440 g/mol. The van der Waals surface area contributed by atoms with Crippen LogP contribution in [0.4, 0.5) is 0 Å². The maximum Gasteiger partial charge on any atom is 0.181 e. The Kier molecular flexibility index (Phi) is 3.79. The van der Waals surface area contributed by atoms with E-state index in [0.717, 1.165) is 49.6 Å². The number of aliphatic hydroxyl groups excluding tert-OH is 2. The molecule has 3 spiro atoms. The summed E-state index contributed by atoms with van der Waals surface area (Å²) < 4.78 is 13.0. The van der Waals surface area contributed by atoms with Gasteiger partial charge in [-0.3, -0.25) is 0 Å². The molecule has 1 aromatic carbocycles. The third kappa shape index (κ3) is 2.22. The van der Waals surface area contributed by atoms with E-state index in [-0.39, 0.29) is 28.1 Å². The molecule has 6 aliphatic rings. The molecule has 35 heavy (non-hydrogen) atoms. The number of benzene rings is 1. The van der Waals surface area contributed by atoms with Crippen molar-refractivity contribution in [2.45, 2.75) is 74.9 Å². The number of hydrogen-bond acceptors (Lipinski definition) is 6. The van der Waals surface area contributed by atoms with Crippen LogP contribution < -0.4 is 0 Å². The molecule has 2 N–H and O–H groups in total. The lowest BCUT2D eigenvalue weighted by Crippen LogP contribution is -2.67. The van der Waals surface area contributed by atoms with Gasteiger partial charge in [0.1, 0.15) is 5.52 Å². The standard InChI is InChI=1S/C29H34N2O4/c1-26-9-8-18-19-13-28(19)25(33)24(32)21(31(2)3)14-27(28)10-11-29(18,35-27)23(26)7-5-17(26)16-4-6-20-22(12-16)34-15-30-20/h4-6,8,12,15,19,21,23-25,32-33H,7,9-11,13-14H2,1-3H3/t19?,21-,23?,24+,25-,26+,27+,28?,29+/m0/s1. The van der Waals surface area contributed by atoms with Crippen molar-refractivity contribution in [2.75, 3.05) is 14.1 Å². The third-order valence-corrected chi connectivity index (χ3v) is 11.3. The molecule has 4 aliphatic carbocycles. The van der Waals surface area contributed by atoms with Crippen molar-refractivity contribution in [1.29, 1.82) is 0 Å². The molecule has 2 bridgehead atoms. The largest absolute Gasteiger partial charge is 0.443 e. The topological polar surface area (TPSA) is 79.0 Å². The Hall–Kier alpha value is -1.99. The first-order chi connectivity index (χ1) is 16.8. The van der Waals surface area contributed by atoms with E-state index in [1.165, 1.54) is 23.1 Å². The van der Waals surface area contributed by atoms with Gasteiger partial charge in [-0.15, -0.1) is 0 Å². The fourth-order valence-corrected chi connectivity index (χ4v) is 9.65. The lowest BCUT2D eigenvalue weighted by atomic mass is 9.57. The Bertz CT molecular complexity index is 1330. The summed E-state index contributed by atoms with van der Waals surface area (Å²) in [6, 6.07) is 6.30. The third-order valence-electron chi connectivity index (χ3n) is 11.3.